The van der Waals surface area contributed by atoms with E-state index in [2.05, 4.69) is 130 Å². The van der Waals surface area contributed by atoms with E-state index < -0.39 is 0 Å². The van der Waals surface area contributed by atoms with E-state index in [4.69, 9.17) is 18.9 Å². The molecule has 4 aliphatic heterocycles. The highest BCUT2D eigenvalue weighted by Gasteiger charge is 2.45. The van der Waals surface area contributed by atoms with E-state index in [1.165, 1.54) is 20.9 Å². The van der Waals surface area contributed by atoms with E-state index in [0.717, 1.165) is 261 Å². The van der Waals surface area contributed by atoms with Crippen LogP contribution in [-0.4, -0.2) is 134 Å². The van der Waals surface area contributed by atoms with Crippen molar-refractivity contribution in [3.63, 3.8) is 0 Å². The molecule has 0 N–H and O–H groups in total. The number of carbonyl (C=O) groups is 8. The summed E-state index contributed by atoms with van der Waals surface area (Å²) < 4.78 is 27.2. The fraction of sp³-hybridized carbons (Fsp3) is 0.450. The third-order valence-corrected chi connectivity index (χ3v) is 36.3. The van der Waals surface area contributed by atoms with Crippen LogP contribution in [0.15, 0.2) is 108 Å². The van der Waals surface area contributed by atoms with Crippen LogP contribution in [-0.2, 0) is 22.3 Å². The molecule has 4 aromatic heterocycles. The Labute approximate surface area is 838 Å². The number of thiophene rings is 4. The number of nitrogens with zero attached hydrogens (tertiary/aromatic N) is 4. The van der Waals surface area contributed by atoms with Crippen LogP contribution in [0.25, 0.3) is 148 Å². The SMILES string of the molecule is CCCCC(CC)Cc1ccsc1-c1c2cc(-c3cc4c5ccc6c7c(cc(OCCOC)c(c8ccc9c(c3C(=O)N(CC(CC)CCCC)C9=O)c48)c75)C(=O)N(CC(CC)CCCC)C6=O)sc2c(-c2sccc2CC(CC)CCCC)c2cc(-c3cc4c5ccc6c7c(cc(OCCOC)c(c8ccc9c(c3C(=O)N(CC(CC)CCCC)C9=O)c48)c75)C(=O)N(CC(CC)CCCC)C6=O)sc12. The predicted octanol–water partition coefficient (Wildman–Crippen LogP) is 31.8. The molecule has 730 valence electrons. The van der Waals surface area contributed by atoms with Crippen LogP contribution in [0.5, 0.6) is 11.5 Å². The normalized spacial score (nSPS) is 15.4. The minimum absolute atomic E-state index is 0.0380. The third-order valence-electron chi connectivity index (χ3n) is 32.0. The van der Waals surface area contributed by atoms with Gasteiger partial charge in [0.15, 0.2) is 0 Å². The molecule has 0 saturated carbocycles. The van der Waals surface area contributed by atoms with Crippen LogP contribution in [0.2, 0.25) is 0 Å². The Morgan fingerprint density at radius 2 is 0.579 bits per heavy atom. The van der Waals surface area contributed by atoms with Gasteiger partial charge in [-0.25, -0.2) is 0 Å². The van der Waals surface area contributed by atoms with Crippen molar-refractivity contribution in [3.05, 3.63) is 163 Å². The zero-order valence-electron chi connectivity index (χ0n) is 84.2. The molecule has 0 aliphatic carbocycles. The summed E-state index contributed by atoms with van der Waals surface area (Å²) in [6.45, 7) is 28.3. The second-order valence-corrected chi connectivity index (χ2v) is 44.3. The largest absolute Gasteiger partial charge is 0.490 e. The molecule has 140 heavy (non-hydrogen) atoms. The van der Waals surface area contributed by atoms with Gasteiger partial charge in [0.25, 0.3) is 47.3 Å². The van der Waals surface area contributed by atoms with Gasteiger partial charge in [-0.3, -0.25) is 58.0 Å². The van der Waals surface area contributed by atoms with E-state index >= 15 is 38.4 Å². The summed E-state index contributed by atoms with van der Waals surface area (Å²) in [7, 11) is 3.26. The zero-order valence-corrected chi connectivity index (χ0v) is 87.5. The highest BCUT2D eigenvalue weighted by molar-refractivity contribution is 7.26. The number of ether oxygens (including phenoxy) is 4. The van der Waals surface area contributed by atoms with Crippen molar-refractivity contribution in [2.24, 2.45) is 35.5 Å². The molecule has 8 heterocycles. The first-order chi connectivity index (χ1) is 68.2. The summed E-state index contributed by atoms with van der Waals surface area (Å²) in [5.74, 6) is -0.873. The maximum atomic E-state index is 17.1. The summed E-state index contributed by atoms with van der Waals surface area (Å²) >= 11 is 6.87. The van der Waals surface area contributed by atoms with Gasteiger partial charge in [-0.15, -0.1) is 45.3 Å². The third kappa shape index (κ3) is 16.9. The number of methoxy groups -OCH3 is 2. The average Bonchev–Trinajstić information content (AvgIpc) is 0.726. The number of amides is 8. The maximum Gasteiger partial charge on any atom is 0.262 e. The first kappa shape index (κ1) is 98.2. The van der Waals surface area contributed by atoms with E-state index in [0.29, 0.717) is 122 Å². The standard InChI is InChI=1S/C120H134N4O12S4/c1-15-27-33-67(21-7)55-73-47-53-137-109(73)107-87-61-93(85-57-83-75-39-43-79-97-89(117(129)121(113(79)125)63-69(23-9)35-29-17-3)59-91(135-51-49-133-13)99(101(75)97)77-41-45-81-103(95(77)83)105(85)119(131)123(115(81)127)65-71(25-11)37-31-19-5)140-112(87)108(110-74(48-54-138-110)56-68(22-8)34-28-16-2)88-62-94(139-111(88)107)86-58-84-76-40-44-80-98-90(118(130)122(114(80)126)64-70(24-10)36-30-18-4)60-92(136-52-50-134-14)100(102(76)98)78-42-46-82-104(96(78)84)106(86)120(132)124(116(82)128)66-72(26-12)38-32-20-6/h39-48,53-54,57-62,67-72H,15-38,49-52,55-56,63-66H2,1-14H3. The molecule has 0 fully saturated rings. The van der Waals surface area contributed by atoms with Gasteiger partial charge >= 0.3 is 0 Å². The molecule has 0 spiro atoms. The predicted molar refractivity (Wildman–Crippen MR) is 581 cm³/mol. The molecule has 6 unspecified atom stereocenters. The molecule has 6 atom stereocenters. The summed E-state index contributed by atoms with van der Waals surface area (Å²) in [6.07, 6.45) is 24.6. The van der Waals surface area contributed by atoms with Gasteiger partial charge < -0.3 is 18.9 Å². The Morgan fingerprint density at radius 1 is 0.271 bits per heavy atom. The van der Waals surface area contributed by atoms with Gasteiger partial charge in [-0.1, -0.05) is 236 Å². The van der Waals surface area contributed by atoms with E-state index in [1.807, 2.05) is 60.7 Å². The highest BCUT2D eigenvalue weighted by atomic mass is 32.1. The van der Waals surface area contributed by atoms with Gasteiger partial charge in [-0.2, -0.15) is 0 Å². The number of unbranched alkanes of at least 4 members (excludes halogenated alkanes) is 6. The van der Waals surface area contributed by atoms with Crippen molar-refractivity contribution in [2.75, 3.05) is 66.8 Å². The van der Waals surface area contributed by atoms with Crippen molar-refractivity contribution in [2.45, 2.75) is 250 Å². The van der Waals surface area contributed by atoms with Gasteiger partial charge in [0.05, 0.1) is 35.5 Å². The van der Waals surface area contributed by atoms with Crippen LogP contribution >= 0.6 is 45.3 Å². The Hall–Kier alpha value is -10.6. The highest BCUT2D eigenvalue weighted by Crippen LogP contribution is 2.61. The molecule has 8 amide bonds. The quantitative estimate of drug-likeness (QED) is 0.0152. The molecule has 4 aliphatic rings. The van der Waals surface area contributed by atoms with Crippen molar-refractivity contribution >= 4 is 199 Å². The van der Waals surface area contributed by atoms with Gasteiger partial charge in [0, 0.05) is 168 Å². The fourth-order valence-corrected chi connectivity index (χ4v) is 28.6. The Bertz CT molecular complexity index is 6900. The number of hydrogen-bond donors (Lipinski definition) is 0. The Morgan fingerprint density at radius 3 is 0.900 bits per heavy atom. The zero-order chi connectivity index (χ0) is 97.9. The second kappa shape index (κ2) is 41.8. The first-order valence-electron chi connectivity index (χ1n) is 52.7. The molecule has 15 aromatic rings. The minimum Gasteiger partial charge on any atom is -0.490 e. The first-order valence-corrected chi connectivity index (χ1v) is 56.0. The minimum atomic E-state index is -0.367. The topological polar surface area (TPSA) is 186 Å². The van der Waals surface area contributed by atoms with E-state index in [-0.39, 0.29) is 124 Å². The molecule has 0 saturated heterocycles. The molecular formula is C120H134N4O12S4. The number of hydrogen-bond acceptors (Lipinski definition) is 16. The number of rotatable bonds is 48. The molecule has 0 radical (unpaired) electrons. The number of imide groups is 4. The van der Waals surface area contributed by atoms with Crippen molar-refractivity contribution < 1.29 is 57.3 Å². The van der Waals surface area contributed by atoms with Crippen molar-refractivity contribution in [1.29, 1.82) is 0 Å². The van der Waals surface area contributed by atoms with Crippen LogP contribution in [0.4, 0.5) is 0 Å². The summed E-state index contributed by atoms with van der Waals surface area (Å²) in [5.41, 5.74) is 9.31. The molecule has 20 heteroatoms. The van der Waals surface area contributed by atoms with Crippen LogP contribution < -0.4 is 9.47 Å². The lowest BCUT2D eigenvalue weighted by molar-refractivity contribution is 0.0565. The molecule has 11 aromatic carbocycles. The molecule has 0 bridgehead atoms. The summed E-state index contributed by atoms with van der Waals surface area (Å²) in [6, 6.07) is 33.2. The maximum absolute atomic E-state index is 17.1. The fourth-order valence-electron chi connectivity index (χ4n) is 23.9. The van der Waals surface area contributed by atoms with E-state index in [1.54, 1.807) is 69.4 Å². The van der Waals surface area contributed by atoms with Crippen molar-refractivity contribution in [3.8, 4) is 53.3 Å². The molecule has 16 nitrogen and oxygen atoms in total. The average molecular weight is 1950 g/mol. The van der Waals surface area contributed by atoms with Crippen LogP contribution in [0.3, 0.4) is 0 Å². The Kier molecular flexibility index (Phi) is 29.3. The van der Waals surface area contributed by atoms with Gasteiger partial charge in [-0.05, 0) is 212 Å². The Balaban J connectivity index is 0.937. The van der Waals surface area contributed by atoms with Crippen LogP contribution in [0, 0.1) is 35.5 Å². The van der Waals surface area contributed by atoms with E-state index in [9.17, 15) is 0 Å². The lowest BCUT2D eigenvalue weighted by Gasteiger charge is -2.33. The monoisotopic (exact) mass is 1950 g/mol. The number of fused-ring (bicyclic) bond motifs is 6. The lowest BCUT2D eigenvalue weighted by Crippen LogP contribution is -2.43. The summed E-state index contributed by atoms with van der Waals surface area (Å²) in [4.78, 5) is 139. The molecule has 19 rings (SSSR count). The smallest absolute Gasteiger partial charge is 0.262 e. The van der Waals surface area contributed by atoms with Crippen molar-refractivity contribution in [1.82, 2.24) is 19.6 Å². The van der Waals surface area contributed by atoms with Gasteiger partial charge in [0.2, 0.25) is 0 Å². The number of carbonyl (C=O) groups excluding carboxylic acids is 8. The molecular weight excluding hydrogens is 1820 g/mol. The van der Waals surface area contributed by atoms with Gasteiger partial charge in [0.1, 0.15) is 24.7 Å². The summed E-state index contributed by atoms with van der Waals surface area (Å²) in [5, 5.41) is 17.5. The van der Waals surface area contributed by atoms with Crippen LogP contribution in [0.1, 0.15) is 331 Å². The number of benzene rings is 11. The second-order valence-electron chi connectivity index (χ2n) is 40.4. The lowest BCUT2D eigenvalue weighted by atomic mass is 9.80.